The van der Waals surface area contributed by atoms with E-state index in [1.807, 2.05) is 51.3 Å². The lowest BCUT2D eigenvalue weighted by molar-refractivity contribution is -0.142. The normalized spacial score (nSPS) is 17.9. The zero-order valence-corrected chi connectivity index (χ0v) is 22.5. The summed E-state index contributed by atoms with van der Waals surface area (Å²) >= 11 is 0. The van der Waals surface area contributed by atoms with Gasteiger partial charge in [-0.15, -0.1) is 5.92 Å². The number of ether oxygens (including phenoxy) is 1. The molecule has 0 bridgehead atoms. The van der Waals surface area contributed by atoms with Crippen LogP contribution in [0.5, 0.6) is 0 Å². The zero-order valence-electron chi connectivity index (χ0n) is 22.5. The first-order valence-corrected chi connectivity index (χ1v) is 12.8. The third-order valence-corrected chi connectivity index (χ3v) is 7.29. The lowest BCUT2D eigenvalue weighted by atomic mass is 9.62. The summed E-state index contributed by atoms with van der Waals surface area (Å²) in [7, 11) is 1.82. The molecule has 6 heteroatoms. The standard InChI is InChI=1S/C31H38N2O4/c1-6-9-25-16-23(3)29(24(4)17-25)30-26(34)18-31(19-27(30)35)11-14-33(15-12-31)28(36)21-37-20-22(2)10-7-8-13-32-5/h7-8,10,13,16-17,30,32H,2,11-12,14-15,18-21H2,1,3-5H3/b10-7-,13-8-. The molecule has 1 saturated carbocycles. The summed E-state index contributed by atoms with van der Waals surface area (Å²) in [5.41, 5.74) is 4.04. The van der Waals surface area contributed by atoms with E-state index in [0.717, 1.165) is 27.8 Å². The topological polar surface area (TPSA) is 75.7 Å². The van der Waals surface area contributed by atoms with E-state index in [1.165, 1.54) is 0 Å². The molecule has 1 amide bonds. The molecule has 1 spiro atoms. The average Bonchev–Trinajstić information content (AvgIpc) is 2.83. The van der Waals surface area contributed by atoms with Crippen LogP contribution in [0.4, 0.5) is 0 Å². The number of benzene rings is 1. The van der Waals surface area contributed by atoms with Crippen molar-refractivity contribution in [1.82, 2.24) is 10.2 Å². The Morgan fingerprint density at radius 2 is 1.76 bits per heavy atom. The third kappa shape index (κ3) is 7.08. The van der Waals surface area contributed by atoms with Crippen molar-refractivity contribution in [3.63, 3.8) is 0 Å². The van der Waals surface area contributed by atoms with Crippen LogP contribution < -0.4 is 5.32 Å². The van der Waals surface area contributed by atoms with Crippen LogP contribution in [0, 0.1) is 31.1 Å². The maximum absolute atomic E-state index is 13.4. The van der Waals surface area contributed by atoms with Gasteiger partial charge in [-0.2, -0.15) is 0 Å². The lowest BCUT2D eigenvalue weighted by Gasteiger charge is -2.44. The maximum atomic E-state index is 13.4. The molecule has 1 saturated heterocycles. The molecule has 0 radical (unpaired) electrons. The molecular weight excluding hydrogens is 464 g/mol. The number of amides is 1. The Labute approximate surface area is 220 Å². The monoisotopic (exact) mass is 502 g/mol. The second-order valence-electron chi connectivity index (χ2n) is 10.2. The first kappa shape index (κ1) is 28.1. The molecule has 0 aromatic heterocycles. The molecule has 0 unspecified atom stereocenters. The van der Waals surface area contributed by atoms with Crippen LogP contribution in [-0.4, -0.2) is 55.7 Å². The predicted molar refractivity (Wildman–Crippen MR) is 146 cm³/mol. The highest BCUT2D eigenvalue weighted by atomic mass is 16.5. The van der Waals surface area contributed by atoms with Gasteiger partial charge in [0.2, 0.25) is 5.91 Å². The van der Waals surface area contributed by atoms with Crippen molar-refractivity contribution < 1.29 is 19.1 Å². The fourth-order valence-corrected chi connectivity index (χ4v) is 5.49. The number of piperidine rings is 1. The van der Waals surface area contributed by atoms with Crippen LogP contribution in [0.3, 0.4) is 0 Å². The van der Waals surface area contributed by atoms with Gasteiger partial charge in [-0.05, 0) is 85.7 Å². The fraction of sp³-hybridized carbons (Fsp3) is 0.452. The molecule has 37 heavy (non-hydrogen) atoms. The van der Waals surface area contributed by atoms with Gasteiger partial charge < -0.3 is 15.0 Å². The molecule has 1 aliphatic heterocycles. The minimum Gasteiger partial charge on any atom is -0.394 e. The van der Waals surface area contributed by atoms with Crippen molar-refractivity contribution in [2.24, 2.45) is 5.41 Å². The van der Waals surface area contributed by atoms with E-state index in [2.05, 4.69) is 23.7 Å². The maximum Gasteiger partial charge on any atom is 0.248 e. The lowest BCUT2D eigenvalue weighted by Crippen LogP contribution is -2.49. The molecule has 1 heterocycles. The molecule has 0 atom stereocenters. The number of nitrogens with zero attached hydrogens (tertiary/aromatic N) is 1. The van der Waals surface area contributed by atoms with Crippen molar-refractivity contribution in [2.45, 2.75) is 52.4 Å². The minimum absolute atomic E-state index is 0.00369. The second kappa shape index (κ2) is 12.7. The molecule has 6 nitrogen and oxygen atoms in total. The Hall–Kier alpha value is -3.43. The number of nitrogens with one attached hydrogen (secondary N) is 1. The highest BCUT2D eigenvalue weighted by Crippen LogP contribution is 2.46. The zero-order chi connectivity index (χ0) is 27.0. The number of rotatable bonds is 8. The number of aryl methyl sites for hydroxylation is 2. The quantitative estimate of drug-likeness (QED) is 0.328. The molecule has 3 rings (SSSR count). The summed E-state index contributed by atoms with van der Waals surface area (Å²) in [4.78, 5) is 41.1. The third-order valence-electron chi connectivity index (χ3n) is 7.29. The Bertz CT molecular complexity index is 1130. The number of ketones is 2. The summed E-state index contributed by atoms with van der Waals surface area (Å²) < 4.78 is 5.55. The Morgan fingerprint density at radius 1 is 1.14 bits per heavy atom. The number of likely N-dealkylation sites (tertiary alicyclic amines) is 1. The van der Waals surface area contributed by atoms with Gasteiger partial charge in [0.25, 0.3) is 0 Å². The number of carbonyl (C=O) groups is 3. The molecule has 1 N–H and O–H groups in total. The summed E-state index contributed by atoms with van der Waals surface area (Å²) in [6.45, 7) is 11.0. The first-order valence-electron chi connectivity index (χ1n) is 12.8. The van der Waals surface area contributed by atoms with Crippen molar-refractivity contribution in [2.75, 3.05) is 33.4 Å². The minimum atomic E-state index is -0.696. The van der Waals surface area contributed by atoms with Crippen molar-refractivity contribution >= 4 is 17.5 Å². The molecule has 1 aromatic carbocycles. The van der Waals surface area contributed by atoms with Crippen LogP contribution in [-0.2, 0) is 19.1 Å². The van der Waals surface area contributed by atoms with E-state index in [0.29, 0.717) is 38.8 Å². The van der Waals surface area contributed by atoms with Gasteiger partial charge >= 0.3 is 0 Å². The smallest absolute Gasteiger partial charge is 0.248 e. The fourth-order valence-electron chi connectivity index (χ4n) is 5.49. The van der Waals surface area contributed by atoms with Gasteiger partial charge in [0.1, 0.15) is 24.1 Å². The number of hydrogen-bond donors (Lipinski definition) is 1. The Kier molecular flexibility index (Phi) is 9.66. The molecule has 196 valence electrons. The molecule has 1 aromatic rings. The van der Waals surface area contributed by atoms with E-state index >= 15 is 0 Å². The SMILES string of the molecule is C=C(/C=C\C=C/NC)COCC(=O)N1CCC2(CC1)CC(=O)C(c1c(C)cc(C#CC)cc1C)C(=O)C2. The van der Waals surface area contributed by atoms with Crippen molar-refractivity contribution in [1.29, 1.82) is 0 Å². The van der Waals surface area contributed by atoms with E-state index in [4.69, 9.17) is 4.74 Å². The number of Topliss-reactive ketones (excluding diaryl/α,β-unsaturated/α-hetero) is 2. The molecule has 2 aliphatic rings. The predicted octanol–water partition coefficient (Wildman–Crippen LogP) is 4.16. The van der Waals surface area contributed by atoms with Gasteiger partial charge in [-0.1, -0.05) is 24.7 Å². The van der Waals surface area contributed by atoms with Crippen LogP contribution in [0.15, 0.2) is 48.7 Å². The highest BCUT2D eigenvalue weighted by Gasteiger charge is 2.47. The van der Waals surface area contributed by atoms with Gasteiger partial charge in [0.05, 0.1) is 6.61 Å². The van der Waals surface area contributed by atoms with Crippen molar-refractivity contribution in [3.8, 4) is 11.8 Å². The van der Waals surface area contributed by atoms with Gasteiger partial charge in [-0.25, -0.2) is 0 Å². The average molecular weight is 503 g/mol. The summed E-state index contributed by atoms with van der Waals surface area (Å²) in [6.07, 6.45) is 9.40. The number of allylic oxidation sites excluding steroid dienone is 2. The number of carbonyl (C=O) groups excluding carboxylic acids is 3. The highest BCUT2D eigenvalue weighted by molar-refractivity contribution is 6.10. The van der Waals surface area contributed by atoms with Crippen LogP contribution in [0.1, 0.15) is 60.8 Å². The largest absolute Gasteiger partial charge is 0.394 e. The summed E-state index contributed by atoms with van der Waals surface area (Å²) in [6, 6.07) is 3.92. The van der Waals surface area contributed by atoms with E-state index in [-0.39, 0.29) is 36.1 Å². The van der Waals surface area contributed by atoms with Crippen LogP contribution >= 0.6 is 0 Å². The van der Waals surface area contributed by atoms with Gasteiger partial charge in [0, 0.05) is 38.5 Å². The van der Waals surface area contributed by atoms with Gasteiger partial charge in [0.15, 0.2) is 0 Å². The van der Waals surface area contributed by atoms with E-state index < -0.39 is 5.92 Å². The van der Waals surface area contributed by atoms with E-state index in [1.54, 1.807) is 18.0 Å². The summed E-state index contributed by atoms with van der Waals surface area (Å²) in [5.74, 6) is 5.18. The molecule has 1 aliphatic carbocycles. The Balaban J connectivity index is 1.55. The number of hydrogen-bond acceptors (Lipinski definition) is 5. The Morgan fingerprint density at radius 3 is 2.32 bits per heavy atom. The van der Waals surface area contributed by atoms with Crippen molar-refractivity contribution in [3.05, 3.63) is 71.0 Å². The van der Waals surface area contributed by atoms with Crippen LogP contribution in [0.25, 0.3) is 0 Å². The van der Waals surface area contributed by atoms with Crippen LogP contribution in [0.2, 0.25) is 0 Å². The molecular formula is C31H38N2O4. The summed E-state index contributed by atoms with van der Waals surface area (Å²) in [5, 5.41) is 2.90. The second-order valence-corrected chi connectivity index (χ2v) is 10.2. The molecule has 2 fully saturated rings. The van der Waals surface area contributed by atoms with Gasteiger partial charge in [-0.3, -0.25) is 14.4 Å². The first-order chi connectivity index (χ1) is 17.7. The van der Waals surface area contributed by atoms with E-state index in [9.17, 15) is 14.4 Å².